The van der Waals surface area contributed by atoms with Crippen LogP contribution < -0.4 is 11.1 Å². The Kier molecular flexibility index (Phi) is 3.46. The molecule has 1 aliphatic heterocycles. The molecule has 1 aromatic carbocycles. The minimum absolute atomic E-state index is 0.156. The van der Waals surface area contributed by atoms with E-state index in [0.717, 1.165) is 31.9 Å². The van der Waals surface area contributed by atoms with E-state index in [0.29, 0.717) is 6.54 Å². The molecule has 1 heterocycles. The van der Waals surface area contributed by atoms with Crippen molar-refractivity contribution >= 4 is 5.69 Å². The highest BCUT2D eigenvalue weighted by Crippen LogP contribution is 2.26. The summed E-state index contributed by atoms with van der Waals surface area (Å²) in [6, 6.07) is 8.58. The Balaban J connectivity index is 1.89. The second kappa shape index (κ2) is 4.85. The van der Waals surface area contributed by atoms with Crippen LogP contribution in [0, 0.1) is 5.41 Å². The smallest absolute Gasteiger partial charge is 0.0574 e. The van der Waals surface area contributed by atoms with Crippen molar-refractivity contribution in [3.63, 3.8) is 0 Å². The predicted octanol–water partition coefficient (Wildman–Crippen LogP) is 1.64. The molecule has 0 bridgehead atoms. The van der Waals surface area contributed by atoms with Crippen molar-refractivity contribution in [3.05, 3.63) is 29.8 Å². The molecule has 1 aliphatic rings. The minimum Gasteiger partial charge on any atom is -0.384 e. The van der Waals surface area contributed by atoms with E-state index in [4.69, 9.17) is 10.5 Å². The van der Waals surface area contributed by atoms with Gasteiger partial charge in [0.2, 0.25) is 0 Å². The molecular formula is C13H20N2O. The molecule has 0 atom stereocenters. The fraction of sp³-hybridized carbons (Fsp3) is 0.538. The Bertz CT molecular complexity index is 325. The molecule has 0 aliphatic carbocycles. The standard InChI is InChI=1S/C13H20N2O/c1-2-11-3-5-12(6-4-11)15-8-13(7-14)9-16-10-13/h3-6,15H,2,7-10,14H2,1H3. The first kappa shape index (κ1) is 11.4. The first-order valence-corrected chi connectivity index (χ1v) is 5.89. The zero-order valence-corrected chi connectivity index (χ0v) is 9.83. The third-order valence-electron chi connectivity index (χ3n) is 3.28. The molecule has 16 heavy (non-hydrogen) atoms. The Morgan fingerprint density at radius 3 is 2.44 bits per heavy atom. The molecule has 1 fully saturated rings. The largest absolute Gasteiger partial charge is 0.384 e. The van der Waals surface area contributed by atoms with E-state index >= 15 is 0 Å². The van der Waals surface area contributed by atoms with Gasteiger partial charge >= 0.3 is 0 Å². The first-order valence-electron chi connectivity index (χ1n) is 5.89. The molecule has 0 amide bonds. The second-order valence-electron chi connectivity index (χ2n) is 4.60. The summed E-state index contributed by atoms with van der Waals surface area (Å²) in [5.74, 6) is 0. The molecule has 0 spiro atoms. The minimum atomic E-state index is 0.156. The lowest BCUT2D eigenvalue weighted by Crippen LogP contribution is -2.52. The van der Waals surface area contributed by atoms with Crippen LogP contribution in [0.25, 0.3) is 0 Å². The lowest BCUT2D eigenvalue weighted by molar-refractivity contribution is -0.0979. The van der Waals surface area contributed by atoms with E-state index in [1.165, 1.54) is 5.56 Å². The van der Waals surface area contributed by atoms with E-state index in [1.54, 1.807) is 0 Å². The SMILES string of the molecule is CCc1ccc(NCC2(CN)COC2)cc1. The van der Waals surface area contributed by atoms with E-state index < -0.39 is 0 Å². The van der Waals surface area contributed by atoms with Crippen LogP contribution in [-0.4, -0.2) is 26.3 Å². The summed E-state index contributed by atoms with van der Waals surface area (Å²) in [6.07, 6.45) is 1.08. The van der Waals surface area contributed by atoms with Gasteiger partial charge < -0.3 is 15.8 Å². The van der Waals surface area contributed by atoms with Crippen molar-refractivity contribution in [2.24, 2.45) is 11.1 Å². The molecule has 0 radical (unpaired) electrons. The number of nitrogens with two attached hydrogens (primary N) is 1. The number of nitrogens with one attached hydrogen (secondary N) is 1. The quantitative estimate of drug-likeness (QED) is 0.793. The zero-order valence-electron chi connectivity index (χ0n) is 9.83. The molecule has 1 saturated heterocycles. The van der Waals surface area contributed by atoms with E-state index in [-0.39, 0.29) is 5.41 Å². The summed E-state index contributed by atoms with van der Waals surface area (Å²) in [4.78, 5) is 0. The number of anilines is 1. The van der Waals surface area contributed by atoms with Crippen LogP contribution >= 0.6 is 0 Å². The average Bonchev–Trinajstić information content (AvgIpc) is 2.29. The van der Waals surface area contributed by atoms with Crippen LogP contribution in [0.4, 0.5) is 5.69 Å². The van der Waals surface area contributed by atoms with Gasteiger partial charge in [-0.1, -0.05) is 19.1 Å². The molecule has 0 saturated carbocycles. The topological polar surface area (TPSA) is 47.3 Å². The Morgan fingerprint density at radius 2 is 2.00 bits per heavy atom. The van der Waals surface area contributed by atoms with Gasteiger partial charge in [0.25, 0.3) is 0 Å². The zero-order chi connectivity index (χ0) is 11.4. The van der Waals surface area contributed by atoms with Crippen molar-refractivity contribution in [1.82, 2.24) is 0 Å². The molecule has 0 aromatic heterocycles. The maximum absolute atomic E-state index is 5.76. The Labute approximate surface area is 97.0 Å². The van der Waals surface area contributed by atoms with Crippen LogP contribution in [-0.2, 0) is 11.2 Å². The average molecular weight is 220 g/mol. The molecule has 2 rings (SSSR count). The van der Waals surface area contributed by atoms with Gasteiger partial charge in [-0.25, -0.2) is 0 Å². The third kappa shape index (κ3) is 2.36. The van der Waals surface area contributed by atoms with Crippen LogP contribution in [0.5, 0.6) is 0 Å². The van der Waals surface area contributed by atoms with Crippen molar-refractivity contribution in [2.75, 3.05) is 31.6 Å². The lowest BCUT2D eigenvalue weighted by Gasteiger charge is -2.40. The van der Waals surface area contributed by atoms with E-state index in [1.807, 2.05) is 0 Å². The maximum atomic E-state index is 5.76. The van der Waals surface area contributed by atoms with Crippen LogP contribution in [0.2, 0.25) is 0 Å². The first-order chi connectivity index (χ1) is 7.78. The van der Waals surface area contributed by atoms with Crippen molar-refractivity contribution < 1.29 is 4.74 Å². The van der Waals surface area contributed by atoms with Crippen molar-refractivity contribution in [1.29, 1.82) is 0 Å². The van der Waals surface area contributed by atoms with Crippen LogP contribution in [0.1, 0.15) is 12.5 Å². The summed E-state index contributed by atoms with van der Waals surface area (Å²) in [7, 11) is 0. The number of hydrogen-bond acceptors (Lipinski definition) is 3. The summed E-state index contributed by atoms with van der Waals surface area (Å²) in [6.45, 7) is 5.31. The molecule has 3 heteroatoms. The van der Waals surface area contributed by atoms with Gasteiger partial charge in [0, 0.05) is 24.2 Å². The van der Waals surface area contributed by atoms with Crippen LogP contribution in [0.15, 0.2) is 24.3 Å². The normalized spacial score (nSPS) is 17.9. The number of hydrogen-bond donors (Lipinski definition) is 2. The summed E-state index contributed by atoms with van der Waals surface area (Å²) in [5.41, 5.74) is 8.45. The van der Waals surface area contributed by atoms with Gasteiger partial charge in [0.1, 0.15) is 0 Å². The third-order valence-corrected chi connectivity index (χ3v) is 3.28. The molecule has 3 N–H and O–H groups in total. The van der Waals surface area contributed by atoms with Gasteiger partial charge in [-0.05, 0) is 24.1 Å². The maximum Gasteiger partial charge on any atom is 0.0574 e. The highest BCUT2D eigenvalue weighted by Gasteiger charge is 2.36. The van der Waals surface area contributed by atoms with Crippen molar-refractivity contribution in [3.8, 4) is 0 Å². The number of ether oxygens (including phenoxy) is 1. The van der Waals surface area contributed by atoms with E-state index in [2.05, 4.69) is 36.5 Å². The summed E-state index contributed by atoms with van der Waals surface area (Å²) < 4.78 is 5.23. The lowest BCUT2D eigenvalue weighted by atomic mass is 9.86. The van der Waals surface area contributed by atoms with Gasteiger partial charge in [-0.3, -0.25) is 0 Å². The highest BCUT2D eigenvalue weighted by molar-refractivity contribution is 5.44. The summed E-state index contributed by atoms with van der Waals surface area (Å²) in [5, 5.41) is 3.43. The molecule has 0 unspecified atom stereocenters. The van der Waals surface area contributed by atoms with Crippen molar-refractivity contribution in [2.45, 2.75) is 13.3 Å². The fourth-order valence-corrected chi connectivity index (χ4v) is 1.83. The number of rotatable bonds is 5. The Morgan fingerprint density at radius 1 is 1.31 bits per heavy atom. The predicted molar refractivity (Wildman–Crippen MR) is 66.6 cm³/mol. The molecule has 1 aromatic rings. The second-order valence-corrected chi connectivity index (χ2v) is 4.60. The molecular weight excluding hydrogens is 200 g/mol. The highest BCUT2D eigenvalue weighted by atomic mass is 16.5. The summed E-state index contributed by atoms with van der Waals surface area (Å²) >= 11 is 0. The van der Waals surface area contributed by atoms with Crippen LogP contribution in [0.3, 0.4) is 0 Å². The molecule has 88 valence electrons. The van der Waals surface area contributed by atoms with Gasteiger partial charge in [-0.2, -0.15) is 0 Å². The number of benzene rings is 1. The van der Waals surface area contributed by atoms with E-state index in [9.17, 15) is 0 Å². The monoisotopic (exact) mass is 220 g/mol. The Hall–Kier alpha value is -1.06. The van der Waals surface area contributed by atoms with Gasteiger partial charge in [-0.15, -0.1) is 0 Å². The molecule has 3 nitrogen and oxygen atoms in total. The fourth-order valence-electron chi connectivity index (χ4n) is 1.83. The van der Waals surface area contributed by atoms with Gasteiger partial charge in [0.05, 0.1) is 13.2 Å². The number of aryl methyl sites for hydroxylation is 1. The van der Waals surface area contributed by atoms with Gasteiger partial charge in [0.15, 0.2) is 0 Å².